The highest BCUT2D eigenvalue weighted by Gasteiger charge is 2.28. The Bertz CT molecular complexity index is 163. The van der Waals surface area contributed by atoms with Crippen LogP contribution in [0.15, 0.2) is 0 Å². The predicted molar refractivity (Wildman–Crippen MR) is 41.8 cm³/mol. The maximum absolute atomic E-state index is 10.8. The molecule has 0 spiro atoms. The lowest BCUT2D eigenvalue weighted by molar-refractivity contribution is -0.138. The zero-order valence-electron chi connectivity index (χ0n) is 6.08. The van der Waals surface area contributed by atoms with Gasteiger partial charge in [0.25, 0.3) is 0 Å². The number of aliphatic carboxylic acids is 1. The lowest BCUT2D eigenvalue weighted by Crippen LogP contribution is -2.04. The van der Waals surface area contributed by atoms with Gasteiger partial charge in [0.05, 0.1) is 6.42 Å². The molecule has 0 aromatic heterocycles. The van der Waals surface area contributed by atoms with Gasteiger partial charge in [0.1, 0.15) is 5.78 Å². The van der Waals surface area contributed by atoms with Gasteiger partial charge < -0.3 is 5.11 Å². The van der Waals surface area contributed by atoms with Crippen molar-refractivity contribution in [1.29, 1.82) is 0 Å². The van der Waals surface area contributed by atoms with E-state index in [0.29, 0.717) is 0 Å². The van der Waals surface area contributed by atoms with Crippen molar-refractivity contribution >= 4 is 24.2 Å². The predicted octanol–water partition coefficient (Wildman–Crippen LogP) is 1.25. The zero-order chi connectivity index (χ0) is 7.56. The van der Waals surface area contributed by atoms with Crippen molar-refractivity contribution in [2.45, 2.75) is 25.7 Å². The Hall–Kier alpha value is -0.570. The van der Waals surface area contributed by atoms with Gasteiger partial charge in [0, 0.05) is 12.3 Å². The summed E-state index contributed by atoms with van der Waals surface area (Å²) in [4.78, 5) is 20.8. The van der Waals surface area contributed by atoms with Crippen molar-refractivity contribution < 1.29 is 14.7 Å². The van der Waals surface area contributed by atoms with Crippen molar-refractivity contribution in [1.82, 2.24) is 0 Å². The van der Waals surface area contributed by atoms with E-state index in [1.54, 1.807) is 0 Å². The smallest absolute Gasteiger partial charge is 0.303 e. The van der Waals surface area contributed by atoms with Gasteiger partial charge in [0.2, 0.25) is 0 Å². The second kappa shape index (κ2) is 4.34. The summed E-state index contributed by atoms with van der Waals surface area (Å²) in [6, 6.07) is 0. The first-order valence-electron chi connectivity index (χ1n) is 3.44. The average molecular weight is 179 g/mol. The summed E-state index contributed by atoms with van der Waals surface area (Å²) in [6.45, 7) is 0. The second-order valence-electron chi connectivity index (χ2n) is 2.63. The summed E-state index contributed by atoms with van der Waals surface area (Å²) < 4.78 is 0. The maximum atomic E-state index is 10.8. The van der Waals surface area contributed by atoms with Crippen molar-refractivity contribution in [2.24, 2.45) is 5.92 Å². The molecule has 1 aliphatic carbocycles. The Morgan fingerprint density at radius 2 is 1.82 bits per heavy atom. The quantitative estimate of drug-likeness (QED) is 0.705. The van der Waals surface area contributed by atoms with Crippen LogP contribution in [0.5, 0.6) is 0 Å². The van der Waals surface area contributed by atoms with Crippen LogP contribution in [0, 0.1) is 5.92 Å². The molecular weight excluding hydrogens is 168 g/mol. The monoisotopic (exact) mass is 178 g/mol. The van der Waals surface area contributed by atoms with Crippen LogP contribution in [0.4, 0.5) is 0 Å². The normalized spacial score (nSPS) is 15.3. The third kappa shape index (κ3) is 3.98. The molecule has 1 rings (SSSR count). The average Bonchev–Trinajstić information content (AvgIpc) is 2.63. The molecule has 4 heteroatoms. The van der Waals surface area contributed by atoms with E-state index in [-0.39, 0.29) is 36.9 Å². The molecule has 0 aliphatic heterocycles. The molecule has 0 saturated heterocycles. The second-order valence-corrected chi connectivity index (χ2v) is 2.63. The molecule has 1 saturated carbocycles. The van der Waals surface area contributed by atoms with Crippen LogP contribution < -0.4 is 0 Å². The van der Waals surface area contributed by atoms with Crippen LogP contribution in [0.25, 0.3) is 0 Å². The number of rotatable bonds is 4. The van der Waals surface area contributed by atoms with Crippen LogP contribution in [-0.2, 0) is 9.59 Å². The molecule has 0 bridgehead atoms. The van der Waals surface area contributed by atoms with Gasteiger partial charge in [-0.3, -0.25) is 9.59 Å². The van der Waals surface area contributed by atoms with Crippen molar-refractivity contribution in [3.63, 3.8) is 0 Å². The molecule has 3 nitrogen and oxygen atoms in total. The highest BCUT2D eigenvalue weighted by Crippen LogP contribution is 2.31. The SMILES string of the molecule is Cl.O=C(O)CCC(=O)C1CC1. The Morgan fingerprint density at radius 3 is 2.18 bits per heavy atom. The van der Waals surface area contributed by atoms with Gasteiger partial charge in [0.15, 0.2) is 0 Å². The van der Waals surface area contributed by atoms with Crippen molar-refractivity contribution in [3.8, 4) is 0 Å². The standard InChI is InChI=1S/C7H10O3.ClH/c8-6(5-1-2-5)3-4-7(9)10;/h5H,1-4H2,(H,9,10);1H. The molecule has 0 amide bonds. The Balaban J connectivity index is 0.000001000. The van der Waals surface area contributed by atoms with E-state index in [4.69, 9.17) is 5.11 Å². The van der Waals surface area contributed by atoms with E-state index in [9.17, 15) is 9.59 Å². The lowest BCUT2D eigenvalue weighted by Gasteiger charge is -1.92. The molecule has 1 fully saturated rings. The van der Waals surface area contributed by atoms with E-state index in [0.717, 1.165) is 12.8 Å². The largest absolute Gasteiger partial charge is 0.481 e. The molecule has 0 unspecified atom stereocenters. The molecule has 0 atom stereocenters. The minimum absolute atomic E-state index is 0. The maximum Gasteiger partial charge on any atom is 0.303 e. The number of carbonyl (C=O) groups is 2. The number of hydrogen-bond acceptors (Lipinski definition) is 2. The molecule has 0 heterocycles. The van der Waals surface area contributed by atoms with Gasteiger partial charge in [-0.25, -0.2) is 0 Å². The first-order valence-corrected chi connectivity index (χ1v) is 3.44. The van der Waals surface area contributed by atoms with Crippen LogP contribution in [0.1, 0.15) is 25.7 Å². The number of ketones is 1. The highest BCUT2D eigenvalue weighted by atomic mass is 35.5. The van der Waals surface area contributed by atoms with Gasteiger partial charge in [-0.2, -0.15) is 0 Å². The molecular formula is C7H11ClO3. The summed E-state index contributed by atoms with van der Waals surface area (Å²) in [5.74, 6) is -0.546. The topological polar surface area (TPSA) is 54.4 Å². The van der Waals surface area contributed by atoms with E-state index in [1.807, 2.05) is 0 Å². The third-order valence-electron chi connectivity index (χ3n) is 1.62. The van der Waals surface area contributed by atoms with Gasteiger partial charge in [-0.1, -0.05) is 0 Å². The van der Waals surface area contributed by atoms with Crippen LogP contribution in [0.3, 0.4) is 0 Å². The van der Waals surface area contributed by atoms with Crippen molar-refractivity contribution in [3.05, 3.63) is 0 Å². The summed E-state index contributed by atoms with van der Waals surface area (Å²) >= 11 is 0. The molecule has 0 radical (unpaired) electrons. The van der Waals surface area contributed by atoms with Crippen LogP contribution in [-0.4, -0.2) is 16.9 Å². The number of hydrogen-bond donors (Lipinski definition) is 1. The van der Waals surface area contributed by atoms with E-state index in [1.165, 1.54) is 0 Å². The summed E-state index contributed by atoms with van der Waals surface area (Å²) in [6.07, 6.45) is 2.16. The minimum Gasteiger partial charge on any atom is -0.481 e. The molecule has 64 valence electrons. The minimum atomic E-state index is -0.881. The van der Waals surface area contributed by atoms with Gasteiger partial charge >= 0.3 is 5.97 Å². The first kappa shape index (κ1) is 10.4. The fraction of sp³-hybridized carbons (Fsp3) is 0.714. The summed E-state index contributed by atoms with van der Waals surface area (Å²) in [7, 11) is 0. The lowest BCUT2D eigenvalue weighted by atomic mass is 10.1. The van der Waals surface area contributed by atoms with E-state index < -0.39 is 5.97 Å². The Labute approximate surface area is 71.2 Å². The first-order chi connectivity index (χ1) is 4.70. The summed E-state index contributed by atoms with van der Waals surface area (Å²) in [5.41, 5.74) is 0. The van der Waals surface area contributed by atoms with Gasteiger partial charge in [-0.15, -0.1) is 12.4 Å². The number of carboxylic acid groups (broad SMARTS) is 1. The number of halogens is 1. The molecule has 1 aliphatic rings. The molecule has 1 N–H and O–H groups in total. The molecule has 11 heavy (non-hydrogen) atoms. The molecule has 0 aromatic rings. The van der Waals surface area contributed by atoms with E-state index >= 15 is 0 Å². The van der Waals surface area contributed by atoms with Crippen LogP contribution >= 0.6 is 12.4 Å². The van der Waals surface area contributed by atoms with Crippen molar-refractivity contribution in [2.75, 3.05) is 0 Å². The highest BCUT2D eigenvalue weighted by molar-refractivity contribution is 5.86. The fourth-order valence-corrected chi connectivity index (χ4v) is 0.840. The number of Topliss-reactive ketones (excluding diaryl/α,β-unsaturated/α-hetero) is 1. The number of carboxylic acids is 1. The van der Waals surface area contributed by atoms with E-state index in [2.05, 4.69) is 0 Å². The fourth-order valence-electron chi connectivity index (χ4n) is 0.840. The Kier molecular flexibility index (Phi) is 4.11. The number of carbonyl (C=O) groups excluding carboxylic acids is 1. The zero-order valence-corrected chi connectivity index (χ0v) is 6.89. The molecule has 0 aromatic carbocycles. The van der Waals surface area contributed by atoms with Gasteiger partial charge in [-0.05, 0) is 12.8 Å². The Morgan fingerprint density at radius 1 is 1.27 bits per heavy atom. The summed E-state index contributed by atoms with van der Waals surface area (Å²) in [5, 5.41) is 8.21. The van der Waals surface area contributed by atoms with Crippen LogP contribution in [0.2, 0.25) is 0 Å². The third-order valence-corrected chi connectivity index (χ3v) is 1.62.